The average Bonchev–Trinajstić information content (AvgIpc) is 3.26. The Hall–Kier alpha value is -4.64. The summed E-state index contributed by atoms with van der Waals surface area (Å²) in [6.07, 6.45) is 34.6. The standard InChI is InChI=1S/C59H91N3O7/c1-45(27-29-54-49(5)24-16-31-58(54,8)9)20-14-22-47(3)42-53(64)44-52(57(66)62-35-19-37-68-39-41-69-40-38-67-36-18-34-60-51(7)63)26-12-13-33-61-56(65)43-48(4)23-15-21-46(2)28-30-55-50(6)25-17-32-59(55,10)11/h14-15,20-23,27-30,42-43,52H,12-13,16-19,24-26,31-41,44H2,1-11H3,(H,60,63)(H,61,65)(H,62,66)/b22-14+,23-15+,29-27+,30-28+,45-20+,46-21+,47-42+,48-43+/t52-/m1/s1. The van der Waals surface area contributed by atoms with Gasteiger partial charge in [-0.1, -0.05) is 117 Å². The van der Waals surface area contributed by atoms with E-state index in [-0.39, 0.29) is 40.8 Å². The number of nitrogens with one attached hydrogen (secondary N) is 3. The van der Waals surface area contributed by atoms with Gasteiger partial charge in [0, 0.05) is 58.2 Å². The van der Waals surface area contributed by atoms with Crippen molar-refractivity contribution in [2.75, 3.05) is 59.3 Å². The third kappa shape index (κ3) is 27.4. The summed E-state index contributed by atoms with van der Waals surface area (Å²) in [5, 5.41) is 8.73. The molecule has 2 rings (SSSR count). The first-order chi connectivity index (χ1) is 32.8. The number of carbonyl (C=O) groups excluding carboxylic acids is 4. The Morgan fingerprint density at radius 3 is 1.52 bits per heavy atom. The van der Waals surface area contributed by atoms with Crippen molar-refractivity contribution in [3.63, 3.8) is 0 Å². The summed E-state index contributed by atoms with van der Waals surface area (Å²) >= 11 is 0. The van der Waals surface area contributed by atoms with E-state index in [4.69, 9.17) is 14.2 Å². The van der Waals surface area contributed by atoms with E-state index in [1.54, 1.807) is 12.2 Å². The maximum atomic E-state index is 13.5. The minimum Gasteiger partial charge on any atom is -0.379 e. The van der Waals surface area contributed by atoms with Crippen LogP contribution in [-0.4, -0.2) is 82.8 Å². The first kappa shape index (κ1) is 60.5. The summed E-state index contributed by atoms with van der Waals surface area (Å²) in [5.41, 5.74) is 10.2. The van der Waals surface area contributed by atoms with Gasteiger partial charge in [-0.15, -0.1) is 0 Å². The molecule has 10 heteroatoms. The fourth-order valence-electron chi connectivity index (χ4n) is 8.74. The second-order valence-corrected chi connectivity index (χ2v) is 20.3. The summed E-state index contributed by atoms with van der Waals surface area (Å²) in [5.74, 6) is -0.944. The summed E-state index contributed by atoms with van der Waals surface area (Å²) in [4.78, 5) is 50.4. The summed E-state index contributed by atoms with van der Waals surface area (Å²) in [7, 11) is 0. The number of amides is 3. The monoisotopic (exact) mass is 954 g/mol. The van der Waals surface area contributed by atoms with E-state index in [0.717, 1.165) is 35.1 Å². The molecular weight excluding hydrogens is 863 g/mol. The van der Waals surface area contributed by atoms with Crippen molar-refractivity contribution in [2.24, 2.45) is 16.7 Å². The molecule has 384 valence electrons. The predicted octanol–water partition coefficient (Wildman–Crippen LogP) is 12.0. The zero-order chi connectivity index (χ0) is 51.1. The van der Waals surface area contributed by atoms with Crippen LogP contribution in [-0.2, 0) is 33.4 Å². The van der Waals surface area contributed by atoms with E-state index in [1.807, 2.05) is 38.2 Å². The van der Waals surface area contributed by atoms with Gasteiger partial charge < -0.3 is 30.2 Å². The molecule has 10 nitrogen and oxygen atoms in total. The lowest BCUT2D eigenvalue weighted by atomic mass is 9.72. The molecular formula is C59H91N3O7. The molecule has 2 aliphatic rings. The van der Waals surface area contributed by atoms with Crippen LogP contribution in [0, 0.1) is 16.7 Å². The molecule has 3 amide bonds. The van der Waals surface area contributed by atoms with Crippen LogP contribution in [0.25, 0.3) is 0 Å². The second kappa shape index (κ2) is 33.8. The van der Waals surface area contributed by atoms with Gasteiger partial charge in [0.15, 0.2) is 5.78 Å². The van der Waals surface area contributed by atoms with Crippen LogP contribution in [0.2, 0.25) is 0 Å². The SMILES string of the molecule is CC(=O)NCCCOCCOCCOCCCNC(=O)[C@H](CCCCNC(=O)/C=C(C)/C=C/C=C(C)/C=C/C1=C(C)CCCC1(C)C)CC(=O)/C=C(C)/C=C/C=C(C)/C=C/C1=C(C)CCCC1(C)C. The van der Waals surface area contributed by atoms with Gasteiger partial charge in [0.2, 0.25) is 17.7 Å². The third-order valence-electron chi connectivity index (χ3n) is 12.7. The lowest BCUT2D eigenvalue weighted by molar-refractivity contribution is -0.128. The lowest BCUT2D eigenvalue weighted by Crippen LogP contribution is -2.33. The topological polar surface area (TPSA) is 132 Å². The summed E-state index contributed by atoms with van der Waals surface area (Å²) in [6, 6.07) is 0. The van der Waals surface area contributed by atoms with E-state index in [9.17, 15) is 19.2 Å². The van der Waals surface area contributed by atoms with Gasteiger partial charge in [0.1, 0.15) is 0 Å². The highest BCUT2D eigenvalue weighted by Crippen LogP contribution is 2.42. The minimum atomic E-state index is -0.495. The number of ether oxygens (including phenoxy) is 3. The average molecular weight is 954 g/mol. The van der Waals surface area contributed by atoms with Crippen molar-refractivity contribution in [3.05, 3.63) is 117 Å². The molecule has 0 heterocycles. The first-order valence-electron chi connectivity index (χ1n) is 25.7. The first-order valence-corrected chi connectivity index (χ1v) is 25.7. The lowest BCUT2D eigenvalue weighted by Gasteiger charge is -2.33. The number of hydrogen-bond donors (Lipinski definition) is 3. The third-order valence-corrected chi connectivity index (χ3v) is 12.7. The highest BCUT2D eigenvalue weighted by Gasteiger charge is 2.27. The molecule has 0 aliphatic heterocycles. The quantitative estimate of drug-likeness (QED) is 0.0347. The van der Waals surface area contributed by atoms with E-state index in [2.05, 4.69) is 108 Å². The number of carbonyl (C=O) groups is 4. The van der Waals surface area contributed by atoms with Crippen LogP contribution in [0.5, 0.6) is 0 Å². The summed E-state index contributed by atoms with van der Waals surface area (Å²) in [6.45, 7) is 27.6. The van der Waals surface area contributed by atoms with E-state index in [0.29, 0.717) is 85.0 Å². The largest absolute Gasteiger partial charge is 0.379 e. The molecule has 0 aromatic rings. The number of allylic oxidation sites excluding steroid dienone is 19. The predicted molar refractivity (Wildman–Crippen MR) is 286 cm³/mol. The Bertz CT molecular complexity index is 1970. The van der Waals surface area contributed by atoms with E-state index < -0.39 is 5.92 Å². The van der Waals surface area contributed by atoms with Gasteiger partial charge in [-0.3, -0.25) is 19.2 Å². The highest BCUT2D eigenvalue weighted by molar-refractivity contribution is 5.94. The maximum absolute atomic E-state index is 13.5. The molecule has 3 N–H and O–H groups in total. The van der Waals surface area contributed by atoms with Crippen molar-refractivity contribution >= 4 is 23.5 Å². The smallest absolute Gasteiger partial charge is 0.244 e. The number of ketones is 1. The molecule has 1 atom stereocenters. The Balaban J connectivity index is 1.90. The summed E-state index contributed by atoms with van der Waals surface area (Å²) < 4.78 is 16.7. The van der Waals surface area contributed by atoms with Crippen LogP contribution >= 0.6 is 0 Å². The zero-order valence-electron chi connectivity index (χ0n) is 44.7. The normalized spacial score (nSPS) is 17.7. The van der Waals surface area contributed by atoms with E-state index >= 15 is 0 Å². The van der Waals surface area contributed by atoms with Crippen molar-refractivity contribution in [3.8, 4) is 0 Å². The molecule has 0 saturated carbocycles. The van der Waals surface area contributed by atoms with Crippen LogP contribution in [0.4, 0.5) is 0 Å². The molecule has 0 aromatic carbocycles. The van der Waals surface area contributed by atoms with Crippen molar-refractivity contribution in [1.82, 2.24) is 16.0 Å². The molecule has 0 unspecified atom stereocenters. The molecule has 0 fully saturated rings. The van der Waals surface area contributed by atoms with Crippen LogP contribution < -0.4 is 16.0 Å². The Labute approximate surface area is 418 Å². The van der Waals surface area contributed by atoms with Gasteiger partial charge in [-0.25, -0.2) is 0 Å². The Kier molecular flexibility index (Phi) is 29.6. The fraction of sp³-hybridized carbons (Fsp3) is 0.593. The molecule has 0 bridgehead atoms. The van der Waals surface area contributed by atoms with Gasteiger partial charge in [0.25, 0.3) is 0 Å². The molecule has 0 radical (unpaired) electrons. The molecule has 0 aromatic heterocycles. The number of unbranched alkanes of at least 4 members (excludes halogenated alkanes) is 1. The van der Waals surface area contributed by atoms with Crippen LogP contribution in [0.15, 0.2) is 117 Å². The van der Waals surface area contributed by atoms with Crippen molar-refractivity contribution < 1.29 is 33.4 Å². The maximum Gasteiger partial charge on any atom is 0.244 e. The van der Waals surface area contributed by atoms with Crippen molar-refractivity contribution in [2.45, 2.75) is 153 Å². The highest BCUT2D eigenvalue weighted by atomic mass is 16.5. The van der Waals surface area contributed by atoms with Gasteiger partial charge in [0.05, 0.1) is 26.4 Å². The number of hydrogen-bond acceptors (Lipinski definition) is 7. The Morgan fingerprint density at radius 2 is 1.03 bits per heavy atom. The molecule has 0 saturated heterocycles. The molecule has 2 aliphatic carbocycles. The van der Waals surface area contributed by atoms with Gasteiger partial charge in [-0.2, -0.15) is 0 Å². The van der Waals surface area contributed by atoms with Gasteiger partial charge in [-0.05, 0) is 145 Å². The van der Waals surface area contributed by atoms with Crippen molar-refractivity contribution in [1.29, 1.82) is 0 Å². The minimum absolute atomic E-state index is 0.0441. The molecule has 69 heavy (non-hydrogen) atoms. The zero-order valence-corrected chi connectivity index (χ0v) is 44.7. The molecule has 0 spiro atoms. The Morgan fingerprint density at radius 1 is 0.565 bits per heavy atom. The van der Waals surface area contributed by atoms with Crippen LogP contribution in [0.3, 0.4) is 0 Å². The second-order valence-electron chi connectivity index (χ2n) is 20.3. The fourth-order valence-corrected chi connectivity index (χ4v) is 8.74. The van der Waals surface area contributed by atoms with E-state index in [1.165, 1.54) is 61.3 Å². The van der Waals surface area contributed by atoms with Gasteiger partial charge >= 0.3 is 0 Å². The van der Waals surface area contributed by atoms with Crippen LogP contribution in [0.1, 0.15) is 153 Å². The number of rotatable bonds is 32.